The van der Waals surface area contributed by atoms with Crippen LogP contribution in [0.25, 0.3) is 0 Å². The number of carbonyl (C=O) groups is 1. The first-order chi connectivity index (χ1) is 11.3. The van der Waals surface area contributed by atoms with Crippen LogP contribution in [0.15, 0.2) is 11.6 Å². The highest BCUT2D eigenvalue weighted by atomic mass is 16.6. The molecule has 0 amide bonds. The third kappa shape index (κ3) is 1.91. The molecule has 4 aliphatic rings. The van der Waals surface area contributed by atoms with E-state index in [2.05, 4.69) is 33.8 Å². The molecule has 134 valence electrons. The lowest BCUT2D eigenvalue weighted by Gasteiger charge is -2.59. The molecule has 0 bridgehead atoms. The van der Waals surface area contributed by atoms with Crippen LogP contribution in [0.5, 0.6) is 0 Å². The van der Waals surface area contributed by atoms with E-state index in [1.807, 2.05) is 0 Å². The van der Waals surface area contributed by atoms with Gasteiger partial charge in [-0.2, -0.15) is 0 Å². The van der Waals surface area contributed by atoms with Crippen LogP contribution in [0.4, 0.5) is 0 Å². The number of hydrogen-bond donors (Lipinski definition) is 0. The molecule has 0 radical (unpaired) electrons. The lowest BCUT2D eigenvalue weighted by atomic mass is 9.44. The lowest BCUT2D eigenvalue weighted by Crippen LogP contribution is -2.58. The molecular weight excluding hydrogens is 300 g/mol. The van der Waals surface area contributed by atoms with Gasteiger partial charge in [0, 0.05) is 0 Å². The van der Waals surface area contributed by atoms with Crippen LogP contribution < -0.4 is 0 Å². The Kier molecular flexibility index (Phi) is 3.53. The summed E-state index contributed by atoms with van der Waals surface area (Å²) in [4.78, 5) is 12.6. The summed E-state index contributed by atoms with van der Waals surface area (Å²) in [5, 5.41) is 0. The summed E-state index contributed by atoms with van der Waals surface area (Å²) in [6.07, 6.45) is 9.45. The van der Waals surface area contributed by atoms with Crippen LogP contribution >= 0.6 is 0 Å². The maximum absolute atomic E-state index is 12.6. The molecule has 0 aromatic heterocycles. The van der Waals surface area contributed by atoms with E-state index in [1.54, 1.807) is 7.11 Å². The first-order valence-corrected chi connectivity index (χ1v) is 9.76. The fourth-order valence-electron chi connectivity index (χ4n) is 6.92. The van der Waals surface area contributed by atoms with Crippen LogP contribution in [0, 0.1) is 28.6 Å². The Morgan fingerprint density at radius 1 is 1.25 bits per heavy atom. The minimum Gasteiger partial charge on any atom is -0.469 e. The van der Waals surface area contributed by atoms with Gasteiger partial charge in [-0.15, -0.1) is 0 Å². The fourth-order valence-corrected chi connectivity index (χ4v) is 6.92. The highest BCUT2D eigenvalue weighted by Gasteiger charge is 2.72. The summed E-state index contributed by atoms with van der Waals surface area (Å²) >= 11 is 0. The Morgan fingerprint density at radius 3 is 2.67 bits per heavy atom. The topological polar surface area (TPSA) is 38.8 Å². The number of rotatable bonds is 2. The summed E-state index contributed by atoms with van der Waals surface area (Å²) in [5.74, 6) is 1.55. The number of allylic oxidation sites excluding steroid dienone is 1. The molecule has 2 saturated carbocycles. The summed E-state index contributed by atoms with van der Waals surface area (Å²) in [6.45, 7) is 9.16. The monoisotopic (exact) mass is 332 g/mol. The van der Waals surface area contributed by atoms with Gasteiger partial charge in [0.1, 0.15) is 11.7 Å². The molecule has 1 heterocycles. The summed E-state index contributed by atoms with van der Waals surface area (Å²) in [7, 11) is 1.54. The van der Waals surface area contributed by atoms with Crippen molar-refractivity contribution in [3.63, 3.8) is 0 Å². The Bertz CT molecular complexity index is 594. The molecular formula is C21H32O3. The van der Waals surface area contributed by atoms with Crippen LogP contribution in [-0.2, 0) is 14.3 Å². The van der Waals surface area contributed by atoms with Crippen molar-refractivity contribution in [1.29, 1.82) is 0 Å². The maximum atomic E-state index is 12.6. The van der Waals surface area contributed by atoms with E-state index in [1.165, 1.54) is 12.0 Å². The van der Waals surface area contributed by atoms with E-state index in [9.17, 15) is 4.79 Å². The second-order valence-corrected chi connectivity index (χ2v) is 9.46. The number of esters is 1. The van der Waals surface area contributed by atoms with Crippen LogP contribution in [0.3, 0.4) is 0 Å². The van der Waals surface area contributed by atoms with Crippen molar-refractivity contribution in [1.82, 2.24) is 0 Å². The molecule has 0 unspecified atom stereocenters. The van der Waals surface area contributed by atoms with Crippen molar-refractivity contribution in [2.75, 3.05) is 7.11 Å². The van der Waals surface area contributed by atoms with E-state index < -0.39 is 0 Å². The summed E-state index contributed by atoms with van der Waals surface area (Å²) in [5.41, 5.74) is 1.46. The number of methoxy groups -OCH3 is 1. The van der Waals surface area contributed by atoms with Crippen molar-refractivity contribution in [2.24, 2.45) is 28.6 Å². The number of epoxide rings is 1. The normalized spacial score (nSPS) is 49.6. The number of carbonyl (C=O) groups excluding carboxylic acids is 1. The van der Waals surface area contributed by atoms with Gasteiger partial charge < -0.3 is 9.47 Å². The molecule has 3 heteroatoms. The fraction of sp³-hybridized carbons (Fsp3) is 0.857. The van der Waals surface area contributed by atoms with Gasteiger partial charge in [-0.3, -0.25) is 4.79 Å². The van der Waals surface area contributed by atoms with Gasteiger partial charge in [-0.25, -0.2) is 0 Å². The second kappa shape index (κ2) is 5.09. The maximum Gasteiger partial charge on any atom is 0.311 e. The molecule has 3 fully saturated rings. The summed E-state index contributed by atoms with van der Waals surface area (Å²) < 4.78 is 11.7. The zero-order valence-corrected chi connectivity index (χ0v) is 15.9. The van der Waals surface area contributed by atoms with Crippen molar-refractivity contribution in [3.8, 4) is 0 Å². The van der Waals surface area contributed by atoms with Gasteiger partial charge in [0.15, 0.2) is 0 Å². The molecule has 3 nitrogen and oxygen atoms in total. The molecule has 6 atom stereocenters. The zero-order chi connectivity index (χ0) is 17.3. The van der Waals surface area contributed by atoms with Crippen molar-refractivity contribution in [2.45, 2.75) is 77.9 Å². The summed E-state index contributed by atoms with van der Waals surface area (Å²) in [6, 6.07) is 0. The molecule has 3 aliphatic carbocycles. The lowest BCUT2D eigenvalue weighted by molar-refractivity contribution is -0.174. The Balaban J connectivity index is 1.70. The number of fused-ring (bicyclic) bond motifs is 2. The smallest absolute Gasteiger partial charge is 0.311 e. The minimum atomic E-state index is -0.324. The molecule has 1 saturated heterocycles. The average Bonchev–Trinajstić information content (AvgIpc) is 3.26. The standard InChI is InChI=1S/C21H32O3/c1-13(2)14-7-8-16-19(3)10-6-11-20(4,18(22)23-5)15(19)9-12-21(16)17(14)24-21/h7,13,15-17H,6,8-12H2,1-5H3/t15-,16-,17-,19+,20-,21+/m1/s1. The van der Waals surface area contributed by atoms with E-state index in [4.69, 9.17) is 9.47 Å². The van der Waals surface area contributed by atoms with Crippen LogP contribution in [0.1, 0.15) is 66.2 Å². The zero-order valence-electron chi connectivity index (χ0n) is 15.9. The van der Waals surface area contributed by atoms with Crippen molar-refractivity contribution < 1.29 is 14.3 Å². The first kappa shape index (κ1) is 16.6. The number of ether oxygens (including phenoxy) is 2. The second-order valence-electron chi connectivity index (χ2n) is 9.46. The molecule has 0 aromatic carbocycles. The van der Waals surface area contributed by atoms with Crippen LogP contribution in [-0.4, -0.2) is 24.8 Å². The third-order valence-corrected chi connectivity index (χ3v) is 8.12. The highest BCUT2D eigenvalue weighted by molar-refractivity contribution is 5.77. The Labute approximate surface area is 146 Å². The molecule has 1 spiro atoms. The van der Waals surface area contributed by atoms with E-state index in [0.29, 0.717) is 23.9 Å². The number of hydrogen-bond acceptors (Lipinski definition) is 3. The van der Waals surface area contributed by atoms with Crippen LogP contribution in [0.2, 0.25) is 0 Å². The molecule has 1 aliphatic heterocycles. The SMILES string of the molecule is COC(=O)[C@]1(C)CCC[C@]2(C)[C@H]3CC=C(C(C)C)[C@H]4O[C@]43CC[C@H]21. The van der Waals surface area contributed by atoms with Crippen molar-refractivity contribution in [3.05, 3.63) is 11.6 Å². The molecule has 0 aromatic rings. The molecule has 0 N–H and O–H groups in total. The predicted octanol–water partition coefficient (Wildman–Crippen LogP) is 4.51. The molecule has 4 rings (SSSR count). The molecule has 24 heavy (non-hydrogen) atoms. The van der Waals surface area contributed by atoms with E-state index >= 15 is 0 Å². The van der Waals surface area contributed by atoms with Gasteiger partial charge in [-0.1, -0.05) is 33.3 Å². The minimum absolute atomic E-state index is 0.00291. The van der Waals surface area contributed by atoms with Gasteiger partial charge in [0.25, 0.3) is 0 Å². The average molecular weight is 332 g/mol. The third-order valence-electron chi connectivity index (χ3n) is 8.12. The van der Waals surface area contributed by atoms with Gasteiger partial charge >= 0.3 is 5.97 Å². The van der Waals surface area contributed by atoms with Gasteiger partial charge in [-0.05, 0) is 67.8 Å². The largest absolute Gasteiger partial charge is 0.469 e. The van der Waals surface area contributed by atoms with E-state index in [0.717, 1.165) is 32.1 Å². The van der Waals surface area contributed by atoms with Gasteiger partial charge in [0.2, 0.25) is 0 Å². The van der Waals surface area contributed by atoms with E-state index in [-0.39, 0.29) is 22.4 Å². The Morgan fingerprint density at radius 2 is 2.00 bits per heavy atom. The quantitative estimate of drug-likeness (QED) is 0.424. The highest BCUT2D eigenvalue weighted by Crippen LogP contribution is 2.70. The first-order valence-electron chi connectivity index (χ1n) is 9.76. The van der Waals surface area contributed by atoms with Crippen molar-refractivity contribution >= 4 is 5.97 Å². The predicted molar refractivity (Wildman–Crippen MR) is 93.4 cm³/mol. The van der Waals surface area contributed by atoms with Gasteiger partial charge in [0.05, 0.1) is 12.5 Å². The Hall–Kier alpha value is -0.830.